The summed E-state index contributed by atoms with van der Waals surface area (Å²) in [6.45, 7) is 5.67. The van der Waals surface area contributed by atoms with Crippen LogP contribution in [0.4, 0.5) is 4.39 Å². The maximum Gasteiger partial charge on any atom is 0.260 e. The number of hydrogen-bond acceptors (Lipinski definition) is 4. The van der Waals surface area contributed by atoms with Crippen LogP contribution in [0.15, 0.2) is 24.3 Å². The quantitative estimate of drug-likeness (QED) is 0.676. The van der Waals surface area contributed by atoms with Crippen LogP contribution < -0.4 is 10.1 Å². The second-order valence-electron chi connectivity index (χ2n) is 6.46. The Hall–Kier alpha value is -2.15. The molecule has 0 saturated carbocycles. The zero-order chi connectivity index (χ0) is 18.8. The highest BCUT2D eigenvalue weighted by molar-refractivity contribution is 5.79. The van der Waals surface area contributed by atoms with Crippen LogP contribution in [0.1, 0.15) is 26.2 Å². The van der Waals surface area contributed by atoms with E-state index < -0.39 is 0 Å². The molecule has 0 spiro atoms. The van der Waals surface area contributed by atoms with Crippen molar-refractivity contribution < 1.29 is 18.7 Å². The van der Waals surface area contributed by atoms with E-state index in [0.717, 1.165) is 25.8 Å². The van der Waals surface area contributed by atoms with Gasteiger partial charge in [0, 0.05) is 32.7 Å². The molecule has 1 aliphatic rings. The van der Waals surface area contributed by atoms with E-state index in [4.69, 9.17) is 4.74 Å². The van der Waals surface area contributed by atoms with E-state index in [1.165, 1.54) is 24.3 Å². The summed E-state index contributed by atoms with van der Waals surface area (Å²) >= 11 is 0. The van der Waals surface area contributed by atoms with Gasteiger partial charge in [0.05, 0.1) is 6.54 Å². The summed E-state index contributed by atoms with van der Waals surface area (Å²) in [5.74, 6) is 0.0749. The third-order valence-electron chi connectivity index (χ3n) is 4.37. The minimum Gasteiger partial charge on any atom is -0.484 e. The first-order chi connectivity index (χ1) is 12.6. The predicted molar refractivity (Wildman–Crippen MR) is 97.4 cm³/mol. The number of amides is 2. The second-order valence-corrected chi connectivity index (χ2v) is 6.46. The number of benzene rings is 1. The molecule has 6 nitrogen and oxygen atoms in total. The van der Waals surface area contributed by atoms with Crippen LogP contribution in [0.2, 0.25) is 0 Å². The zero-order valence-electron chi connectivity index (χ0n) is 15.4. The van der Waals surface area contributed by atoms with Gasteiger partial charge in [0.15, 0.2) is 6.61 Å². The first-order valence-corrected chi connectivity index (χ1v) is 9.23. The van der Waals surface area contributed by atoms with Crippen LogP contribution in [-0.2, 0) is 9.59 Å². The molecule has 7 heteroatoms. The number of nitrogens with one attached hydrogen (secondary N) is 1. The molecule has 1 aromatic rings. The minimum atomic E-state index is -0.339. The standard InChI is InChI=1S/C19H28FN3O3/c1-2-3-4-9-21-18(24)14-22-10-12-23(13-11-22)19(25)15-26-17-7-5-16(20)6-8-17/h5-8H,2-4,9-15H2,1H3,(H,21,24). The zero-order valence-corrected chi connectivity index (χ0v) is 15.4. The van der Waals surface area contributed by atoms with Crippen molar-refractivity contribution in [3.8, 4) is 5.75 Å². The molecule has 1 saturated heterocycles. The lowest BCUT2D eigenvalue weighted by Gasteiger charge is -2.34. The van der Waals surface area contributed by atoms with Gasteiger partial charge in [-0.1, -0.05) is 19.8 Å². The average molecular weight is 365 g/mol. The summed E-state index contributed by atoms with van der Waals surface area (Å²) in [4.78, 5) is 27.9. The normalized spacial score (nSPS) is 14.9. The van der Waals surface area contributed by atoms with Gasteiger partial charge in [0.2, 0.25) is 5.91 Å². The third-order valence-corrected chi connectivity index (χ3v) is 4.37. The van der Waals surface area contributed by atoms with Gasteiger partial charge >= 0.3 is 0 Å². The number of piperazine rings is 1. The molecule has 0 radical (unpaired) electrons. The van der Waals surface area contributed by atoms with Gasteiger partial charge in [0.25, 0.3) is 5.91 Å². The molecule has 26 heavy (non-hydrogen) atoms. The van der Waals surface area contributed by atoms with Crippen LogP contribution in [0.3, 0.4) is 0 Å². The molecule has 0 aliphatic carbocycles. The molecule has 1 aromatic carbocycles. The van der Waals surface area contributed by atoms with E-state index in [9.17, 15) is 14.0 Å². The lowest BCUT2D eigenvalue weighted by Crippen LogP contribution is -2.52. The fraction of sp³-hybridized carbons (Fsp3) is 0.579. The Morgan fingerprint density at radius 3 is 2.46 bits per heavy atom. The Kier molecular flexibility index (Phi) is 8.34. The lowest BCUT2D eigenvalue weighted by atomic mass is 10.2. The van der Waals surface area contributed by atoms with Crippen molar-refractivity contribution in [1.29, 1.82) is 0 Å². The number of ether oxygens (including phenoxy) is 1. The molecule has 1 fully saturated rings. The Morgan fingerprint density at radius 2 is 1.81 bits per heavy atom. The number of carbonyl (C=O) groups excluding carboxylic acids is 2. The van der Waals surface area contributed by atoms with Crippen molar-refractivity contribution in [2.24, 2.45) is 0 Å². The maximum absolute atomic E-state index is 12.8. The van der Waals surface area contributed by atoms with Gasteiger partial charge in [-0.05, 0) is 30.7 Å². The Labute approximate surface area is 154 Å². The van der Waals surface area contributed by atoms with Gasteiger partial charge in [-0.15, -0.1) is 0 Å². The van der Waals surface area contributed by atoms with Crippen molar-refractivity contribution in [2.75, 3.05) is 45.9 Å². The largest absolute Gasteiger partial charge is 0.484 e. The highest BCUT2D eigenvalue weighted by Crippen LogP contribution is 2.11. The number of hydrogen-bond donors (Lipinski definition) is 1. The summed E-state index contributed by atoms with van der Waals surface area (Å²) in [6, 6.07) is 5.59. The molecule has 144 valence electrons. The van der Waals surface area contributed by atoms with E-state index in [0.29, 0.717) is 38.5 Å². The number of carbonyl (C=O) groups is 2. The van der Waals surface area contributed by atoms with Gasteiger partial charge in [0.1, 0.15) is 11.6 Å². The molecular formula is C19H28FN3O3. The molecule has 2 rings (SSSR count). The number of nitrogens with zero attached hydrogens (tertiary/aromatic N) is 2. The van der Waals surface area contributed by atoms with Gasteiger partial charge < -0.3 is 15.0 Å². The highest BCUT2D eigenvalue weighted by atomic mass is 19.1. The third kappa shape index (κ3) is 7.00. The fourth-order valence-electron chi connectivity index (χ4n) is 2.78. The van der Waals surface area contributed by atoms with E-state index in [1.54, 1.807) is 4.90 Å². The van der Waals surface area contributed by atoms with E-state index in [1.807, 2.05) is 0 Å². The smallest absolute Gasteiger partial charge is 0.260 e. The monoisotopic (exact) mass is 365 g/mol. The van der Waals surface area contributed by atoms with Crippen LogP contribution in [0, 0.1) is 5.82 Å². The van der Waals surface area contributed by atoms with Crippen LogP contribution in [0.5, 0.6) is 5.75 Å². The minimum absolute atomic E-state index is 0.0422. The first-order valence-electron chi connectivity index (χ1n) is 9.23. The Bertz CT molecular complexity index is 572. The summed E-state index contributed by atoms with van der Waals surface area (Å²) in [7, 11) is 0. The summed E-state index contributed by atoms with van der Waals surface area (Å²) in [5.41, 5.74) is 0. The summed E-state index contributed by atoms with van der Waals surface area (Å²) in [6.07, 6.45) is 3.27. The molecule has 1 N–H and O–H groups in total. The lowest BCUT2D eigenvalue weighted by molar-refractivity contribution is -0.135. The molecule has 1 heterocycles. The SMILES string of the molecule is CCCCCNC(=O)CN1CCN(C(=O)COc2ccc(F)cc2)CC1. The van der Waals surface area contributed by atoms with Crippen molar-refractivity contribution in [2.45, 2.75) is 26.2 Å². The van der Waals surface area contributed by atoms with Crippen LogP contribution in [0.25, 0.3) is 0 Å². The van der Waals surface area contributed by atoms with Crippen molar-refractivity contribution >= 4 is 11.8 Å². The fourth-order valence-corrected chi connectivity index (χ4v) is 2.78. The highest BCUT2D eigenvalue weighted by Gasteiger charge is 2.22. The molecule has 0 atom stereocenters. The molecule has 2 amide bonds. The first kappa shape index (κ1) is 20.2. The average Bonchev–Trinajstić information content (AvgIpc) is 2.65. The summed E-state index contributed by atoms with van der Waals surface area (Å²) < 4.78 is 18.2. The van der Waals surface area contributed by atoms with Crippen molar-refractivity contribution in [1.82, 2.24) is 15.1 Å². The van der Waals surface area contributed by atoms with E-state index in [-0.39, 0.29) is 24.2 Å². The van der Waals surface area contributed by atoms with Crippen LogP contribution in [-0.4, -0.2) is 67.5 Å². The molecule has 1 aliphatic heterocycles. The predicted octanol–water partition coefficient (Wildman–Crippen LogP) is 1.66. The van der Waals surface area contributed by atoms with Crippen molar-refractivity contribution in [3.63, 3.8) is 0 Å². The molecular weight excluding hydrogens is 337 g/mol. The second kappa shape index (κ2) is 10.8. The molecule has 0 bridgehead atoms. The van der Waals surface area contributed by atoms with Crippen LogP contribution >= 0.6 is 0 Å². The number of rotatable bonds is 9. The van der Waals surface area contributed by atoms with E-state index >= 15 is 0 Å². The molecule has 0 unspecified atom stereocenters. The number of unbranched alkanes of at least 4 members (excludes halogenated alkanes) is 2. The van der Waals surface area contributed by atoms with E-state index in [2.05, 4.69) is 17.1 Å². The maximum atomic E-state index is 12.8. The topological polar surface area (TPSA) is 61.9 Å². The summed E-state index contributed by atoms with van der Waals surface area (Å²) in [5, 5.41) is 2.93. The Balaban J connectivity index is 1.63. The number of halogens is 1. The van der Waals surface area contributed by atoms with Gasteiger partial charge in [-0.25, -0.2) is 4.39 Å². The Morgan fingerprint density at radius 1 is 1.12 bits per heavy atom. The van der Waals surface area contributed by atoms with Crippen molar-refractivity contribution in [3.05, 3.63) is 30.1 Å². The molecule has 0 aromatic heterocycles. The van der Waals surface area contributed by atoms with Gasteiger partial charge in [-0.2, -0.15) is 0 Å². The van der Waals surface area contributed by atoms with Gasteiger partial charge in [-0.3, -0.25) is 14.5 Å².